The molecule has 0 bridgehead atoms. The Morgan fingerprint density at radius 1 is 0.720 bits per heavy atom. The molecule has 0 amide bonds. The van der Waals surface area contributed by atoms with Crippen molar-refractivity contribution in [2.75, 3.05) is 0 Å². The lowest BCUT2D eigenvalue weighted by Gasteiger charge is -2.14. The summed E-state index contributed by atoms with van der Waals surface area (Å²) in [6.45, 7) is 0. The van der Waals surface area contributed by atoms with Crippen molar-refractivity contribution in [2.24, 2.45) is 0 Å². The molecule has 138 valence electrons. The molecule has 0 saturated carbocycles. The topological polar surface area (TPSA) is 48.9 Å². The first-order chi connectivity index (χ1) is 11.7. The van der Waals surface area contributed by atoms with Crippen molar-refractivity contribution in [3.8, 4) is 5.69 Å². The van der Waals surface area contributed by atoms with Crippen LogP contribution in [-0.2, 0) is 0 Å². The maximum Gasteiger partial charge on any atom is 0.363 e. The predicted molar refractivity (Wildman–Crippen MR) is 111 cm³/mol. The third-order valence-electron chi connectivity index (χ3n) is 2.69. The predicted octanol–water partition coefficient (Wildman–Crippen LogP) is 4.53. The molecule has 0 spiro atoms. The molecule has 13 heteroatoms. The molecule has 1 heterocycles. The number of alkyl halides is 6. The molecule has 1 aromatic carbocycles. The van der Waals surface area contributed by atoms with Gasteiger partial charge in [0.2, 0.25) is 0 Å². The van der Waals surface area contributed by atoms with Crippen LogP contribution in [0.1, 0.15) is 0 Å². The summed E-state index contributed by atoms with van der Waals surface area (Å²) in [6.07, 6.45) is 0. The maximum absolute atomic E-state index is 12.7. The van der Waals surface area contributed by atoms with Crippen LogP contribution in [0.5, 0.6) is 0 Å². The zero-order valence-corrected chi connectivity index (χ0v) is 18.1. The average molecular weight is 504 g/mol. The number of aromatic nitrogens is 3. The summed E-state index contributed by atoms with van der Waals surface area (Å²) in [5, 5.41) is 0. The summed E-state index contributed by atoms with van der Waals surface area (Å²) in [5.74, 6) is 0. The van der Waals surface area contributed by atoms with E-state index in [4.69, 9.17) is 69.6 Å². The molecule has 1 aromatic heterocycles. The standard InChI is InChI=1S/C12H9Cl6N3O2S2/c13-7(14)9(17)24-20-11(22)19(6-4-2-1-3-5-6)12(23)21(20)25-10(18)8(15)16/h1-5,7-10H. The summed E-state index contributed by atoms with van der Waals surface area (Å²) in [6, 6.07) is 8.37. The fraction of sp³-hybridized carbons (Fsp3) is 0.333. The SMILES string of the molecule is O=c1n(-c2ccccc2)c(=O)n(SC(Cl)C(Cl)Cl)n1SC(Cl)C(Cl)Cl. The number of nitrogens with zero attached hydrogens (tertiary/aromatic N) is 3. The molecule has 0 aliphatic heterocycles. The number of benzene rings is 1. The van der Waals surface area contributed by atoms with Crippen molar-refractivity contribution < 1.29 is 0 Å². The maximum atomic E-state index is 12.7. The van der Waals surface area contributed by atoms with E-state index in [1.807, 2.05) is 0 Å². The Hall–Kier alpha value is 0.400. The van der Waals surface area contributed by atoms with Gasteiger partial charge in [0.05, 0.1) is 5.69 Å². The molecular formula is C12H9Cl6N3O2S2. The van der Waals surface area contributed by atoms with Gasteiger partial charge in [-0.2, -0.15) is 8.17 Å². The number of hydrogen-bond acceptors (Lipinski definition) is 4. The summed E-state index contributed by atoms with van der Waals surface area (Å²) < 4.78 is 1.20. The van der Waals surface area contributed by atoms with Gasteiger partial charge in [-0.15, -0.1) is 69.6 Å². The molecule has 0 fully saturated rings. The van der Waals surface area contributed by atoms with Gasteiger partial charge in [-0.1, -0.05) is 18.2 Å². The number of rotatable bonds is 7. The quantitative estimate of drug-likeness (QED) is 0.521. The van der Waals surface area contributed by atoms with Crippen LogP contribution >= 0.6 is 93.5 Å². The van der Waals surface area contributed by atoms with Crippen molar-refractivity contribution in [3.63, 3.8) is 0 Å². The van der Waals surface area contributed by atoms with E-state index in [9.17, 15) is 9.59 Å². The monoisotopic (exact) mass is 501 g/mol. The van der Waals surface area contributed by atoms with Gasteiger partial charge >= 0.3 is 11.4 Å². The van der Waals surface area contributed by atoms with Gasteiger partial charge in [-0.05, 0) is 12.1 Å². The van der Waals surface area contributed by atoms with E-state index in [-0.39, 0.29) is 0 Å². The van der Waals surface area contributed by atoms with Gasteiger partial charge in [0.1, 0.15) is 19.1 Å². The van der Waals surface area contributed by atoms with E-state index in [0.29, 0.717) is 5.69 Å². The van der Waals surface area contributed by atoms with Crippen molar-refractivity contribution >= 4 is 93.5 Å². The van der Waals surface area contributed by atoms with Crippen LogP contribution in [0.4, 0.5) is 0 Å². The van der Waals surface area contributed by atoms with Crippen molar-refractivity contribution in [1.82, 2.24) is 12.7 Å². The lowest BCUT2D eigenvalue weighted by molar-refractivity contribution is 0.882. The van der Waals surface area contributed by atoms with E-state index in [1.165, 1.54) is 0 Å². The molecule has 0 saturated heterocycles. The number of halogens is 6. The normalized spacial score (nSPS) is 14.2. The van der Waals surface area contributed by atoms with Crippen LogP contribution in [0.15, 0.2) is 39.9 Å². The Labute approximate surface area is 181 Å². The van der Waals surface area contributed by atoms with E-state index >= 15 is 0 Å². The zero-order valence-electron chi connectivity index (χ0n) is 11.9. The Kier molecular flexibility index (Phi) is 8.29. The van der Waals surface area contributed by atoms with Crippen LogP contribution in [0, 0.1) is 0 Å². The molecular weight excluding hydrogens is 495 g/mol. The highest BCUT2D eigenvalue weighted by Crippen LogP contribution is 2.30. The Balaban J connectivity index is 2.59. The van der Waals surface area contributed by atoms with Crippen molar-refractivity contribution in [3.05, 3.63) is 51.3 Å². The lowest BCUT2D eigenvalue weighted by atomic mass is 10.3. The minimum Gasteiger partial charge on any atom is -0.244 e. The molecule has 0 N–H and O–H groups in total. The van der Waals surface area contributed by atoms with Gasteiger partial charge in [-0.25, -0.2) is 14.2 Å². The first kappa shape index (κ1) is 21.7. The first-order valence-corrected chi connectivity index (χ1v) is 10.7. The molecule has 2 unspecified atom stereocenters. The second-order valence-corrected chi connectivity index (χ2v) is 10.3. The van der Waals surface area contributed by atoms with E-state index in [0.717, 1.165) is 36.6 Å². The van der Waals surface area contributed by atoms with Gasteiger partial charge in [0.15, 0.2) is 0 Å². The summed E-state index contributed by atoms with van der Waals surface area (Å²) in [4.78, 5) is 23.5. The van der Waals surface area contributed by atoms with E-state index in [1.54, 1.807) is 30.3 Å². The summed E-state index contributed by atoms with van der Waals surface area (Å²) >= 11 is 36.5. The molecule has 0 aliphatic carbocycles. The van der Waals surface area contributed by atoms with Crippen LogP contribution in [0.25, 0.3) is 5.69 Å². The Bertz CT molecular complexity index is 775. The largest absolute Gasteiger partial charge is 0.363 e. The second-order valence-electron chi connectivity index (χ2n) is 4.36. The molecule has 2 atom stereocenters. The van der Waals surface area contributed by atoms with Crippen LogP contribution in [0.2, 0.25) is 0 Å². The molecule has 2 aromatic rings. The number of hydrogen-bond donors (Lipinski definition) is 0. The Morgan fingerprint density at radius 2 is 1.12 bits per heavy atom. The van der Waals surface area contributed by atoms with Crippen molar-refractivity contribution in [2.45, 2.75) is 19.1 Å². The lowest BCUT2D eigenvalue weighted by Crippen LogP contribution is -2.26. The summed E-state index contributed by atoms with van der Waals surface area (Å²) in [7, 11) is 0. The van der Waals surface area contributed by atoms with E-state index in [2.05, 4.69) is 0 Å². The van der Waals surface area contributed by atoms with Gasteiger partial charge in [0, 0.05) is 23.9 Å². The van der Waals surface area contributed by atoms with Gasteiger partial charge < -0.3 is 0 Å². The Morgan fingerprint density at radius 3 is 1.48 bits per heavy atom. The average Bonchev–Trinajstić information content (AvgIpc) is 2.79. The third-order valence-corrected chi connectivity index (χ3v) is 7.88. The first-order valence-electron chi connectivity index (χ1n) is 6.45. The molecule has 0 aliphatic rings. The van der Waals surface area contributed by atoms with Gasteiger partial charge in [0.25, 0.3) is 0 Å². The fourth-order valence-corrected chi connectivity index (χ4v) is 4.12. The molecule has 0 radical (unpaired) electrons. The highest BCUT2D eigenvalue weighted by atomic mass is 35.5. The van der Waals surface area contributed by atoms with Crippen LogP contribution in [0.3, 0.4) is 0 Å². The highest BCUT2D eigenvalue weighted by Gasteiger charge is 2.26. The van der Waals surface area contributed by atoms with Crippen LogP contribution in [-0.4, -0.2) is 31.8 Å². The minimum absolute atomic E-state index is 0.380. The number of para-hydroxylation sites is 1. The molecule has 25 heavy (non-hydrogen) atoms. The minimum atomic E-state index is -0.979. The summed E-state index contributed by atoms with van der Waals surface area (Å²) in [5.41, 5.74) is -0.930. The highest BCUT2D eigenvalue weighted by molar-refractivity contribution is 8.02. The zero-order chi connectivity index (χ0) is 18.7. The second kappa shape index (κ2) is 9.55. The van der Waals surface area contributed by atoms with Gasteiger partial charge in [-0.3, -0.25) is 0 Å². The van der Waals surface area contributed by atoms with E-state index < -0.39 is 30.5 Å². The van der Waals surface area contributed by atoms with Crippen molar-refractivity contribution in [1.29, 1.82) is 0 Å². The molecule has 5 nitrogen and oxygen atoms in total. The van der Waals surface area contributed by atoms with Crippen LogP contribution < -0.4 is 11.4 Å². The fourth-order valence-electron chi connectivity index (χ4n) is 1.66. The third kappa shape index (κ3) is 5.23. The molecule has 2 rings (SSSR count). The smallest absolute Gasteiger partial charge is 0.244 e.